The second-order valence-electron chi connectivity index (χ2n) is 4.38. The molecule has 0 aliphatic heterocycles. The van der Waals surface area contributed by atoms with Crippen molar-refractivity contribution in [1.29, 1.82) is 0 Å². The Morgan fingerprint density at radius 1 is 1.20 bits per heavy atom. The van der Waals surface area contributed by atoms with Gasteiger partial charge < -0.3 is 5.32 Å². The molecule has 2 N–H and O–H groups in total. The van der Waals surface area contributed by atoms with E-state index in [0.29, 0.717) is 11.5 Å². The third kappa shape index (κ3) is 3.68. The summed E-state index contributed by atoms with van der Waals surface area (Å²) in [6.45, 7) is 3.76. The van der Waals surface area contributed by atoms with Gasteiger partial charge in [0.1, 0.15) is 11.6 Å². The highest BCUT2D eigenvalue weighted by atomic mass is 35.5. The maximum Gasteiger partial charge on any atom is 0.324 e. The van der Waals surface area contributed by atoms with Crippen molar-refractivity contribution < 1.29 is 9.18 Å². The molecule has 1 aromatic heterocycles. The number of pyridine rings is 1. The summed E-state index contributed by atoms with van der Waals surface area (Å²) in [7, 11) is 0. The first kappa shape index (κ1) is 14.3. The first-order valence-electron chi connectivity index (χ1n) is 5.92. The molecular formula is C14H13ClFN3O. The van der Waals surface area contributed by atoms with Crippen LogP contribution in [-0.4, -0.2) is 11.0 Å². The van der Waals surface area contributed by atoms with Gasteiger partial charge in [0.15, 0.2) is 0 Å². The predicted octanol–water partition coefficient (Wildman–Crippen LogP) is 4.13. The zero-order chi connectivity index (χ0) is 14.7. The predicted molar refractivity (Wildman–Crippen MR) is 77.8 cm³/mol. The fourth-order valence-corrected chi connectivity index (χ4v) is 1.94. The summed E-state index contributed by atoms with van der Waals surface area (Å²) in [5.74, 6) is -0.0817. The zero-order valence-electron chi connectivity index (χ0n) is 11.0. The number of carbonyl (C=O) groups excluding carboxylic acids is 1. The number of rotatable bonds is 2. The number of aryl methyl sites for hydroxylation is 2. The third-order valence-electron chi connectivity index (χ3n) is 2.52. The van der Waals surface area contributed by atoms with Crippen LogP contribution in [0, 0.1) is 19.7 Å². The maximum atomic E-state index is 13.0. The van der Waals surface area contributed by atoms with Gasteiger partial charge in [-0.1, -0.05) is 11.6 Å². The Hall–Kier alpha value is -2.14. The molecule has 0 saturated heterocycles. The molecule has 4 nitrogen and oxygen atoms in total. The number of halogens is 2. The number of hydrogen-bond acceptors (Lipinski definition) is 2. The molecule has 6 heteroatoms. The fourth-order valence-electron chi connectivity index (χ4n) is 1.76. The minimum atomic E-state index is -0.534. The van der Waals surface area contributed by atoms with Gasteiger partial charge >= 0.3 is 6.03 Å². The average Bonchev–Trinajstić information content (AvgIpc) is 2.32. The molecule has 1 aromatic carbocycles. The first-order valence-corrected chi connectivity index (χ1v) is 6.30. The fraction of sp³-hybridized carbons (Fsp3) is 0.143. The van der Waals surface area contributed by atoms with Crippen molar-refractivity contribution in [2.75, 3.05) is 10.6 Å². The molecule has 0 saturated carbocycles. The highest BCUT2D eigenvalue weighted by Crippen LogP contribution is 2.19. The van der Waals surface area contributed by atoms with Gasteiger partial charge in [-0.2, -0.15) is 0 Å². The van der Waals surface area contributed by atoms with Crippen molar-refractivity contribution in [1.82, 2.24) is 4.98 Å². The molecule has 2 amide bonds. The summed E-state index contributed by atoms with van der Waals surface area (Å²) in [6, 6.07) is 7.14. The number of anilines is 2. The monoisotopic (exact) mass is 293 g/mol. The number of benzene rings is 1. The van der Waals surface area contributed by atoms with Gasteiger partial charge in [-0.3, -0.25) is 5.32 Å². The van der Waals surface area contributed by atoms with Crippen molar-refractivity contribution >= 4 is 29.1 Å². The van der Waals surface area contributed by atoms with Crippen molar-refractivity contribution in [2.45, 2.75) is 13.8 Å². The molecule has 0 spiro atoms. The molecule has 20 heavy (non-hydrogen) atoms. The van der Waals surface area contributed by atoms with Crippen LogP contribution in [0.1, 0.15) is 11.3 Å². The standard InChI is InChI=1S/C14H13ClFN3O/c1-8-5-9(2)17-13(6-8)19-14(20)18-10-3-4-12(16)11(15)7-10/h3-7H,1-2H3,(H2,17,18,19,20). The van der Waals surface area contributed by atoms with E-state index in [1.807, 2.05) is 19.9 Å². The van der Waals surface area contributed by atoms with Gasteiger partial charge in [-0.05, 0) is 49.7 Å². The van der Waals surface area contributed by atoms with Crippen LogP contribution in [0.15, 0.2) is 30.3 Å². The molecule has 1 heterocycles. The van der Waals surface area contributed by atoms with Gasteiger partial charge in [0, 0.05) is 11.4 Å². The van der Waals surface area contributed by atoms with Crippen LogP contribution in [0.5, 0.6) is 0 Å². The molecule has 0 aliphatic carbocycles. The quantitative estimate of drug-likeness (QED) is 0.874. The van der Waals surface area contributed by atoms with Crippen molar-refractivity contribution in [3.05, 3.63) is 52.4 Å². The van der Waals surface area contributed by atoms with Gasteiger partial charge in [0.05, 0.1) is 5.02 Å². The minimum Gasteiger partial charge on any atom is -0.308 e. The minimum absolute atomic E-state index is 0.0488. The highest BCUT2D eigenvalue weighted by Gasteiger charge is 2.06. The SMILES string of the molecule is Cc1cc(C)nc(NC(=O)Nc2ccc(F)c(Cl)c2)c1. The van der Waals surface area contributed by atoms with Crippen molar-refractivity contribution in [3.8, 4) is 0 Å². The summed E-state index contributed by atoms with van der Waals surface area (Å²) in [5.41, 5.74) is 2.21. The number of aromatic nitrogens is 1. The molecule has 0 fully saturated rings. The van der Waals surface area contributed by atoms with Crippen molar-refractivity contribution in [2.24, 2.45) is 0 Å². The van der Waals surface area contributed by atoms with Gasteiger partial charge in [0.2, 0.25) is 0 Å². The lowest BCUT2D eigenvalue weighted by Crippen LogP contribution is -2.20. The largest absolute Gasteiger partial charge is 0.324 e. The summed E-state index contributed by atoms with van der Waals surface area (Å²) >= 11 is 5.64. The van der Waals surface area contributed by atoms with Crippen LogP contribution in [0.2, 0.25) is 5.02 Å². The Labute approximate surface area is 121 Å². The number of nitrogens with one attached hydrogen (secondary N) is 2. The Morgan fingerprint density at radius 2 is 1.95 bits per heavy atom. The summed E-state index contributed by atoms with van der Waals surface area (Å²) in [4.78, 5) is 16.0. The molecule has 2 rings (SSSR count). The smallest absolute Gasteiger partial charge is 0.308 e. The van der Waals surface area contributed by atoms with Gasteiger partial charge in [-0.15, -0.1) is 0 Å². The van der Waals surface area contributed by atoms with E-state index in [1.165, 1.54) is 18.2 Å². The molecular weight excluding hydrogens is 281 g/mol. The molecule has 0 aliphatic rings. The Morgan fingerprint density at radius 3 is 2.60 bits per heavy atom. The zero-order valence-corrected chi connectivity index (χ0v) is 11.8. The Balaban J connectivity index is 2.06. The second kappa shape index (κ2) is 5.88. The van der Waals surface area contributed by atoms with E-state index in [0.717, 1.165) is 11.3 Å². The lowest BCUT2D eigenvalue weighted by molar-refractivity contribution is 0.262. The van der Waals surface area contributed by atoms with Crippen LogP contribution in [0.4, 0.5) is 20.7 Å². The third-order valence-corrected chi connectivity index (χ3v) is 2.81. The first-order chi connectivity index (χ1) is 9.44. The van der Waals surface area contributed by atoms with E-state index >= 15 is 0 Å². The number of amides is 2. The lowest BCUT2D eigenvalue weighted by atomic mass is 10.2. The van der Waals surface area contributed by atoms with Crippen LogP contribution >= 0.6 is 11.6 Å². The van der Waals surface area contributed by atoms with E-state index < -0.39 is 11.8 Å². The summed E-state index contributed by atoms with van der Waals surface area (Å²) in [5, 5.41) is 5.12. The average molecular weight is 294 g/mol. The normalized spacial score (nSPS) is 10.2. The summed E-state index contributed by atoms with van der Waals surface area (Å²) in [6.07, 6.45) is 0. The molecule has 0 radical (unpaired) electrons. The second-order valence-corrected chi connectivity index (χ2v) is 4.79. The van der Waals surface area contributed by atoms with E-state index in [1.54, 1.807) is 6.07 Å². The number of hydrogen-bond donors (Lipinski definition) is 2. The van der Waals surface area contributed by atoms with Crippen LogP contribution in [0.3, 0.4) is 0 Å². The molecule has 2 aromatic rings. The molecule has 0 unspecified atom stereocenters. The highest BCUT2D eigenvalue weighted by molar-refractivity contribution is 6.31. The van der Waals surface area contributed by atoms with Crippen LogP contribution in [-0.2, 0) is 0 Å². The Bertz CT molecular complexity index is 641. The van der Waals surface area contributed by atoms with Gasteiger partial charge in [0.25, 0.3) is 0 Å². The summed E-state index contributed by atoms with van der Waals surface area (Å²) < 4.78 is 13.0. The van der Waals surface area contributed by atoms with E-state index in [4.69, 9.17) is 11.6 Å². The molecule has 104 valence electrons. The van der Waals surface area contributed by atoms with Crippen molar-refractivity contribution in [3.63, 3.8) is 0 Å². The van der Waals surface area contributed by atoms with E-state index in [2.05, 4.69) is 15.6 Å². The van der Waals surface area contributed by atoms with Crippen LogP contribution < -0.4 is 10.6 Å². The topological polar surface area (TPSA) is 54.0 Å². The Kier molecular flexibility index (Phi) is 4.20. The van der Waals surface area contributed by atoms with Crippen LogP contribution in [0.25, 0.3) is 0 Å². The number of urea groups is 1. The lowest BCUT2D eigenvalue weighted by Gasteiger charge is -2.08. The maximum absolute atomic E-state index is 13.0. The molecule has 0 bridgehead atoms. The van der Waals surface area contributed by atoms with E-state index in [9.17, 15) is 9.18 Å². The number of carbonyl (C=O) groups is 1. The van der Waals surface area contributed by atoms with Gasteiger partial charge in [-0.25, -0.2) is 14.2 Å². The number of nitrogens with zero attached hydrogens (tertiary/aromatic N) is 1. The molecule has 0 atom stereocenters. The van der Waals surface area contributed by atoms with E-state index in [-0.39, 0.29) is 5.02 Å².